The molecule has 0 bridgehead atoms. The zero-order valence-corrected chi connectivity index (χ0v) is 9.31. The summed E-state index contributed by atoms with van der Waals surface area (Å²) in [7, 11) is 1.86. The third-order valence-corrected chi connectivity index (χ3v) is 2.79. The summed E-state index contributed by atoms with van der Waals surface area (Å²) in [6.07, 6.45) is 0. The standard InChI is InChI=1S/C8H13BrN2O/c1-5-6(9)7(8(2,3)12)10-11(5)4/h12H,1-4H3. The first-order valence-corrected chi connectivity index (χ1v) is 4.55. The summed E-state index contributed by atoms with van der Waals surface area (Å²) in [6.45, 7) is 5.39. The number of nitrogens with zero attached hydrogens (tertiary/aromatic N) is 2. The Balaban J connectivity index is 3.28. The average molecular weight is 233 g/mol. The summed E-state index contributed by atoms with van der Waals surface area (Å²) in [6, 6.07) is 0. The van der Waals surface area contributed by atoms with Crippen LogP contribution in [0.15, 0.2) is 4.47 Å². The second-order valence-corrected chi connectivity index (χ2v) is 4.22. The summed E-state index contributed by atoms with van der Waals surface area (Å²) in [4.78, 5) is 0. The monoisotopic (exact) mass is 232 g/mol. The van der Waals surface area contributed by atoms with E-state index in [4.69, 9.17) is 0 Å². The van der Waals surface area contributed by atoms with E-state index >= 15 is 0 Å². The van der Waals surface area contributed by atoms with Crippen molar-refractivity contribution in [2.45, 2.75) is 26.4 Å². The van der Waals surface area contributed by atoms with Crippen molar-refractivity contribution in [3.8, 4) is 0 Å². The maximum atomic E-state index is 9.70. The molecule has 1 N–H and O–H groups in total. The van der Waals surface area contributed by atoms with Crippen molar-refractivity contribution in [3.05, 3.63) is 15.9 Å². The van der Waals surface area contributed by atoms with E-state index in [9.17, 15) is 5.11 Å². The van der Waals surface area contributed by atoms with Gasteiger partial charge in [-0.25, -0.2) is 0 Å². The quantitative estimate of drug-likeness (QED) is 0.801. The summed E-state index contributed by atoms with van der Waals surface area (Å²) >= 11 is 3.39. The number of hydrogen-bond acceptors (Lipinski definition) is 2. The molecular formula is C8H13BrN2O. The van der Waals surface area contributed by atoms with E-state index in [0.29, 0.717) is 5.69 Å². The van der Waals surface area contributed by atoms with Gasteiger partial charge in [0.25, 0.3) is 0 Å². The lowest BCUT2D eigenvalue weighted by molar-refractivity contribution is 0.0724. The third-order valence-electron chi connectivity index (χ3n) is 1.84. The molecule has 1 heterocycles. The Morgan fingerprint density at radius 2 is 2.00 bits per heavy atom. The largest absolute Gasteiger partial charge is 0.384 e. The third kappa shape index (κ3) is 1.54. The predicted octanol–water partition coefficient (Wildman–Crippen LogP) is 1.72. The van der Waals surface area contributed by atoms with Crippen LogP contribution in [0.25, 0.3) is 0 Å². The molecule has 68 valence electrons. The minimum Gasteiger partial charge on any atom is -0.384 e. The van der Waals surface area contributed by atoms with Gasteiger partial charge in [0.1, 0.15) is 11.3 Å². The van der Waals surface area contributed by atoms with Crippen molar-refractivity contribution in [2.75, 3.05) is 0 Å². The fraction of sp³-hybridized carbons (Fsp3) is 0.625. The summed E-state index contributed by atoms with van der Waals surface area (Å²) in [5, 5.41) is 13.9. The molecule has 0 aromatic carbocycles. The lowest BCUT2D eigenvalue weighted by Gasteiger charge is -2.14. The van der Waals surface area contributed by atoms with E-state index < -0.39 is 5.60 Å². The Morgan fingerprint density at radius 1 is 1.50 bits per heavy atom. The van der Waals surface area contributed by atoms with Gasteiger partial charge in [0.05, 0.1) is 4.47 Å². The molecule has 12 heavy (non-hydrogen) atoms. The molecule has 3 nitrogen and oxygen atoms in total. The van der Waals surface area contributed by atoms with Gasteiger partial charge < -0.3 is 5.11 Å². The zero-order valence-electron chi connectivity index (χ0n) is 7.72. The Kier molecular flexibility index (Phi) is 2.31. The normalized spacial score (nSPS) is 12.2. The van der Waals surface area contributed by atoms with Crippen LogP contribution in [-0.2, 0) is 12.6 Å². The van der Waals surface area contributed by atoms with Crippen molar-refractivity contribution in [1.82, 2.24) is 9.78 Å². The van der Waals surface area contributed by atoms with Gasteiger partial charge in [0, 0.05) is 12.7 Å². The van der Waals surface area contributed by atoms with E-state index in [1.807, 2.05) is 14.0 Å². The maximum absolute atomic E-state index is 9.70. The molecule has 0 saturated heterocycles. The van der Waals surface area contributed by atoms with Gasteiger partial charge in [-0.05, 0) is 36.7 Å². The van der Waals surface area contributed by atoms with Crippen LogP contribution in [0.2, 0.25) is 0 Å². The molecule has 0 saturated carbocycles. The number of aryl methyl sites for hydroxylation is 1. The molecular weight excluding hydrogens is 220 g/mol. The number of aromatic nitrogens is 2. The maximum Gasteiger partial charge on any atom is 0.108 e. The molecule has 0 amide bonds. The first-order valence-electron chi connectivity index (χ1n) is 3.76. The van der Waals surface area contributed by atoms with Crippen LogP contribution in [0.3, 0.4) is 0 Å². The van der Waals surface area contributed by atoms with Gasteiger partial charge in [0.15, 0.2) is 0 Å². The Labute approximate surface area is 80.5 Å². The number of aliphatic hydroxyl groups is 1. The summed E-state index contributed by atoms with van der Waals surface area (Å²) < 4.78 is 2.63. The van der Waals surface area contributed by atoms with E-state index in [1.165, 1.54) is 0 Å². The van der Waals surface area contributed by atoms with Crippen LogP contribution in [0, 0.1) is 6.92 Å². The van der Waals surface area contributed by atoms with E-state index in [2.05, 4.69) is 21.0 Å². The first kappa shape index (κ1) is 9.74. The molecule has 4 heteroatoms. The first-order chi connectivity index (χ1) is 5.34. The van der Waals surface area contributed by atoms with E-state index in [1.54, 1.807) is 18.5 Å². The fourth-order valence-electron chi connectivity index (χ4n) is 0.973. The van der Waals surface area contributed by atoms with Crippen molar-refractivity contribution in [2.24, 2.45) is 7.05 Å². The average Bonchev–Trinajstić information content (AvgIpc) is 2.15. The number of rotatable bonds is 1. The van der Waals surface area contributed by atoms with Crippen LogP contribution in [0.4, 0.5) is 0 Å². The topological polar surface area (TPSA) is 38.1 Å². The van der Waals surface area contributed by atoms with Gasteiger partial charge in [-0.3, -0.25) is 4.68 Å². The smallest absolute Gasteiger partial charge is 0.108 e. The molecule has 1 aromatic rings. The zero-order chi connectivity index (χ0) is 9.52. The lowest BCUT2D eigenvalue weighted by atomic mass is 10.1. The minimum absolute atomic E-state index is 0.683. The lowest BCUT2D eigenvalue weighted by Crippen LogP contribution is -2.17. The molecule has 1 rings (SSSR count). The number of hydrogen-bond donors (Lipinski definition) is 1. The SMILES string of the molecule is Cc1c(Br)c(C(C)(C)O)nn1C. The highest BCUT2D eigenvalue weighted by atomic mass is 79.9. The molecule has 0 spiro atoms. The highest BCUT2D eigenvalue weighted by molar-refractivity contribution is 9.10. The molecule has 0 radical (unpaired) electrons. The van der Waals surface area contributed by atoms with Gasteiger partial charge in [-0.2, -0.15) is 5.10 Å². The van der Waals surface area contributed by atoms with Crippen LogP contribution in [0.1, 0.15) is 25.2 Å². The molecule has 0 atom stereocenters. The summed E-state index contributed by atoms with van der Waals surface area (Å²) in [5.74, 6) is 0. The number of halogens is 1. The van der Waals surface area contributed by atoms with Crippen molar-refractivity contribution >= 4 is 15.9 Å². The van der Waals surface area contributed by atoms with Crippen LogP contribution < -0.4 is 0 Å². The van der Waals surface area contributed by atoms with Gasteiger partial charge in [-0.1, -0.05) is 0 Å². The van der Waals surface area contributed by atoms with Gasteiger partial charge in [0.2, 0.25) is 0 Å². The van der Waals surface area contributed by atoms with Crippen LogP contribution >= 0.6 is 15.9 Å². The Hall–Kier alpha value is -0.350. The molecule has 0 aliphatic rings. The molecule has 0 aliphatic heterocycles. The van der Waals surface area contributed by atoms with Crippen molar-refractivity contribution in [3.63, 3.8) is 0 Å². The Morgan fingerprint density at radius 3 is 2.17 bits per heavy atom. The highest BCUT2D eigenvalue weighted by Gasteiger charge is 2.24. The highest BCUT2D eigenvalue weighted by Crippen LogP contribution is 2.28. The van der Waals surface area contributed by atoms with Crippen molar-refractivity contribution in [1.29, 1.82) is 0 Å². The van der Waals surface area contributed by atoms with E-state index in [0.717, 1.165) is 10.2 Å². The summed E-state index contributed by atoms with van der Waals surface area (Å²) in [5.41, 5.74) is 0.819. The van der Waals surface area contributed by atoms with Gasteiger partial charge >= 0.3 is 0 Å². The van der Waals surface area contributed by atoms with Gasteiger partial charge in [-0.15, -0.1) is 0 Å². The predicted molar refractivity (Wildman–Crippen MR) is 50.9 cm³/mol. The molecule has 0 unspecified atom stereocenters. The van der Waals surface area contributed by atoms with Crippen molar-refractivity contribution < 1.29 is 5.11 Å². The molecule has 0 aliphatic carbocycles. The molecule has 0 fully saturated rings. The minimum atomic E-state index is -0.884. The van der Waals surface area contributed by atoms with Crippen LogP contribution in [-0.4, -0.2) is 14.9 Å². The fourth-order valence-corrected chi connectivity index (χ4v) is 1.79. The second kappa shape index (κ2) is 2.85. The Bertz CT molecular complexity index is 299. The molecule has 1 aromatic heterocycles. The van der Waals surface area contributed by atoms with E-state index in [-0.39, 0.29) is 0 Å². The second-order valence-electron chi connectivity index (χ2n) is 3.43. The van der Waals surface area contributed by atoms with Crippen LogP contribution in [0.5, 0.6) is 0 Å².